The Morgan fingerprint density at radius 3 is 1.40 bits per heavy atom. The molecule has 2 N–H and O–H groups in total. The van der Waals surface area contributed by atoms with Crippen LogP contribution in [0.1, 0.15) is 41.5 Å². The van der Waals surface area contributed by atoms with Crippen molar-refractivity contribution in [1.29, 1.82) is 0 Å². The van der Waals surface area contributed by atoms with E-state index in [2.05, 4.69) is 4.74 Å². The first kappa shape index (κ1) is 24.3. The van der Waals surface area contributed by atoms with Gasteiger partial charge in [0.15, 0.2) is 0 Å². The lowest BCUT2D eigenvalue weighted by atomic mass is 10.4. The van der Waals surface area contributed by atoms with Crippen molar-refractivity contribution in [1.82, 2.24) is 0 Å². The van der Waals surface area contributed by atoms with Crippen molar-refractivity contribution in [3.8, 4) is 0 Å². The van der Waals surface area contributed by atoms with Crippen LogP contribution < -0.4 is 0 Å². The molecule has 124 valence electrons. The van der Waals surface area contributed by atoms with E-state index in [-0.39, 0.29) is 5.97 Å². The molecule has 20 heavy (non-hydrogen) atoms. The van der Waals surface area contributed by atoms with Crippen molar-refractivity contribution in [2.24, 2.45) is 0 Å². The summed E-state index contributed by atoms with van der Waals surface area (Å²) in [7, 11) is 0. The molecule has 2 unspecified atom stereocenters. The summed E-state index contributed by atoms with van der Waals surface area (Å²) in [5.41, 5.74) is 0. The highest BCUT2D eigenvalue weighted by atomic mass is 16.5. The molecule has 6 heteroatoms. The number of hydrogen-bond donors (Lipinski definition) is 2. The predicted molar refractivity (Wildman–Crippen MR) is 78.7 cm³/mol. The lowest BCUT2D eigenvalue weighted by Crippen LogP contribution is -2.16. The standard InChI is InChI=1S/C6H14O3.C4H8O2.C4H10O/c1-5(7)3-9-4-6(2)8;1-3-6-4(2)5;1-3-5-4-2/h5-8H,3-4H2,1-2H3;3H2,1-2H3;3-4H2,1-2H3. The molecule has 0 spiro atoms. The molecular formula is C14H32O6. The molecule has 0 fully saturated rings. The summed E-state index contributed by atoms with van der Waals surface area (Å²) in [5.74, 6) is -0.211. The summed E-state index contributed by atoms with van der Waals surface area (Å²) >= 11 is 0. The Kier molecular flexibility index (Phi) is 25.1. The third kappa shape index (κ3) is 43.3. The maximum atomic E-state index is 9.82. The first-order valence-electron chi connectivity index (χ1n) is 6.96. The van der Waals surface area contributed by atoms with E-state index in [4.69, 9.17) is 19.7 Å². The SMILES string of the molecule is CC(O)COCC(C)O.CCOC(C)=O.CCOCC. The summed E-state index contributed by atoms with van der Waals surface area (Å²) in [6.07, 6.45) is -0.882. The maximum absolute atomic E-state index is 9.82. The Morgan fingerprint density at radius 2 is 1.30 bits per heavy atom. The Bertz CT molecular complexity index is 173. The minimum absolute atomic E-state index is 0.211. The van der Waals surface area contributed by atoms with Crippen molar-refractivity contribution in [3.05, 3.63) is 0 Å². The summed E-state index contributed by atoms with van der Waals surface area (Å²) < 4.78 is 14.1. The van der Waals surface area contributed by atoms with Gasteiger partial charge in [-0.15, -0.1) is 0 Å². The van der Waals surface area contributed by atoms with E-state index in [1.54, 1.807) is 20.8 Å². The fourth-order valence-electron chi connectivity index (χ4n) is 0.817. The van der Waals surface area contributed by atoms with Crippen LogP contribution >= 0.6 is 0 Å². The van der Waals surface area contributed by atoms with Crippen LogP contribution in [0.25, 0.3) is 0 Å². The molecular weight excluding hydrogens is 264 g/mol. The molecule has 6 nitrogen and oxygen atoms in total. The third-order valence-electron chi connectivity index (χ3n) is 1.47. The van der Waals surface area contributed by atoms with Gasteiger partial charge in [0.1, 0.15) is 0 Å². The van der Waals surface area contributed by atoms with Crippen LogP contribution in [0.5, 0.6) is 0 Å². The lowest BCUT2D eigenvalue weighted by Gasteiger charge is -2.06. The van der Waals surface area contributed by atoms with Gasteiger partial charge in [0.2, 0.25) is 0 Å². The average Bonchev–Trinajstić information content (AvgIpc) is 2.30. The van der Waals surface area contributed by atoms with Crippen LogP contribution in [-0.2, 0) is 19.0 Å². The summed E-state index contributed by atoms with van der Waals surface area (Å²) in [6.45, 7) is 13.2. The van der Waals surface area contributed by atoms with Crippen molar-refractivity contribution in [2.45, 2.75) is 53.8 Å². The number of ether oxygens (including phenoxy) is 3. The molecule has 0 aliphatic heterocycles. The molecule has 0 saturated carbocycles. The number of aliphatic hydroxyl groups excluding tert-OH is 2. The molecule has 0 aromatic rings. The number of aliphatic hydroxyl groups is 2. The monoisotopic (exact) mass is 296 g/mol. The average molecular weight is 296 g/mol. The van der Waals surface area contributed by atoms with E-state index in [1.807, 2.05) is 13.8 Å². The van der Waals surface area contributed by atoms with E-state index < -0.39 is 12.2 Å². The van der Waals surface area contributed by atoms with E-state index >= 15 is 0 Å². The maximum Gasteiger partial charge on any atom is 0.302 e. The van der Waals surface area contributed by atoms with Gasteiger partial charge in [-0.05, 0) is 34.6 Å². The van der Waals surface area contributed by atoms with Crippen LogP contribution in [0.3, 0.4) is 0 Å². The number of carbonyl (C=O) groups excluding carboxylic acids is 1. The zero-order valence-corrected chi connectivity index (χ0v) is 13.7. The molecule has 0 saturated heterocycles. The van der Waals surface area contributed by atoms with Crippen molar-refractivity contribution < 1.29 is 29.2 Å². The Labute approximate surface area is 123 Å². The van der Waals surface area contributed by atoms with Crippen LogP contribution in [0.2, 0.25) is 0 Å². The highest BCUT2D eigenvalue weighted by molar-refractivity contribution is 5.65. The van der Waals surface area contributed by atoms with Gasteiger partial charge in [0.25, 0.3) is 0 Å². The first-order valence-corrected chi connectivity index (χ1v) is 6.96. The van der Waals surface area contributed by atoms with Crippen molar-refractivity contribution in [3.63, 3.8) is 0 Å². The highest BCUT2D eigenvalue weighted by Crippen LogP contribution is 1.85. The second-order valence-corrected chi connectivity index (χ2v) is 3.94. The third-order valence-corrected chi connectivity index (χ3v) is 1.47. The molecule has 0 aliphatic carbocycles. The van der Waals surface area contributed by atoms with Crippen molar-refractivity contribution in [2.75, 3.05) is 33.0 Å². The summed E-state index contributed by atoms with van der Waals surface area (Å²) in [4.78, 5) is 9.82. The molecule has 0 rings (SSSR count). The van der Waals surface area contributed by atoms with E-state index in [0.29, 0.717) is 19.8 Å². The summed E-state index contributed by atoms with van der Waals surface area (Å²) in [6, 6.07) is 0. The van der Waals surface area contributed by atoms with E-state index in [0.717, 1.165) is 13.2 Å². The van der Waals surface area contributed by atoms with Gasteiger partial charge >= 0.3 is 5.97 Å². The predicted octanol–water partition coefficient (Wildman–Crippen LogP) is 1.38. The Balaban J connectivity index is -0.000000230. The van der Waals surface area contributed by atoms with Crippen LogP contribution in [0.4, 0.5) is 0 Å². The molecule has 0 bridgehead atoms. The lowest BCUT2D eigenvalue weighted by molar-refractivity contribution is -0.140. The number of esters is 1. The van der Waals surface area contributed by atoms with E-state index in [1.165, 1.54) is 6.92 Å². The van der Waals surface area contributed by atoms with E-state index in [9.17, 15) is 4.79 Å². The van der Waals surface area contributed by atoms with Gasteiger partial charge in [-0.3, -0.25) is 4.79 Å². The largest absolute Gasteiger partial charge is 0.466 e. The smallest absolute Gasteiger partial charge is 0.302 e. The number of carbonyl (C=O) groups is 1. The quantitative estimate of drug-likeness (QED) is 0.690. The number of hydrogen-bond acceptors (Lipinski definition) is 6. The second-order valence-electron chi connectivity index (χ2n) is 3.94. The summed E-state index contributed by atoms with van der Waals surface area (Å²) in [5, 5.41) is 17.3. The van der Waals surface area contributed by atoms with Crippen LogP contribution in [0, 0.1) is 0 Å². The van der Waals surface area contributed by atoms with Gasteiger partial charge in [-0.1, -0.05) is 0 Å². The normalized spacial score (nSPS) is 12.2. The minimum atomic E-state index is -0.441. The molecule has 2 atom stereocenters. The molecule has 0 radical (unpaired) electrons. The Morgan fingerprint density at radius 1 is 0.900 bits per heavy atom. The van der Waals surface area contributed by atoms with Crippen LogP contribution in [-0.4, -0.2) is 61.4 Å². The Hall–Kier alpha value is -0.690. The fourth-order valence-corrected chi connectivity index (χ4v) is 0.817. The zero-order chi connectivity index (χ0) is 16.4. The van der Waals surface area contributed by atoms with Gasteiger partial charge in [0.05, 0.1) is 32.0 Å². The van der Waals surface area contributed by atoms with Crippen molar-refractivity contribution >= 4 is 5.97 Å². The molecule has 0 aromatic heterocycles. The second kappa shape index (κ2) is 20.6. The van der Waals surface area contributed by atoms with Gasteiger partial charge < -0.3 is 24.4 Å². The molecule has 0 amide bonds. The number of rotatable bonds is 7. The van der Waals surface area contributed by atoms with Crippen LogP contribution in [0.15, 0.2) is 0 Å². The van der Waals surface area contributed by atoms with Gasteiger partial charge in [0, 0.05) is 20.1 Å². The van der Waals surface area contributed by atoms with Gasteiger partial charge in [-0.25, -0.2) is 0 Å². The molecule has 0 aliphatic rings. The van der Waals surface area contributed by atoms with Gasteiger partial charge in [-0.2, -0.15) is 0 Å². The topological polar surface area (TPSA) is 85.2 Å². The molecule has 0 aromatic carbocycles. The molecule has 0 heterocycles. The minimum Gasteiger partial charge on any atom is -0.466 e. The zero-order valence-electron chi connectivity index (χ0n) is 13.7. The highest BCUT2D eigenvalue weighted by Gasteiger charge is 1.97. The first-order chi connectivity index (χ1) is 9.31. The fraction of sp³-hybridized carbons (Fsp3) is 0.929.